The van der Waals surface area contributed by atoms with Crippen molar-refractivity contribution in [2.75, 3.05) is 12.3 Å². The molecular weight excluding hydrogens is 450 g/mol. The van der Waals surface area contributed by atoms with E-state index in [0.29, 0.717) is 0 Å². The smallest absolute Gasteiger partial charge is 1.00 e. The summed E-state index contributed by atoms with van der Waals surface area (Å²) in [5, 5.41) is 4.44. The van der Waals surface area contributed by atoms with Gasteiger partial charge in [0.15, 0.2) is 0 Å². The van der Waals surface area contributed by atoms with Crippen molar-refractivity contribution in [2.24, 2.45) is 5.41 Å². The Balaban J connectivity index is 0. The second-order valence-corrected chi connectivity index (χ2v) is 10.4. The van der Waals surface area contributed by atoms with Crippen LogP contribution in [0.5, 0.6) is 0 Å². The van der Waals surface area contributed by atoms with Crippen LogP contribution in [0.2, 0.25) is 0 Å². The Morgan fingerprint density at radius 3 is 1.90 bits per heavy atom. The number of hydrogen-bond acceptors (Lipinski definition) is 0. The molecule has 0 radical (unpaired) electrons. The van der Waals surface area contributed by atoms with Gasteiger partial charge in [-0.2, -0.15) is 17.2 Å². The Bertz CT molecular complexity index is 763. The van der Waals surface area contributed by atoms with Crippen molar-refractivity contribution in [3.63, 3.8) is 0 Å². The third kappa shape index (κ3) is 8.24. The molecule has 0 N–H and O–H groups in total. The molecule has 0 unspecified atom stereocenters. The first-order valence-corrected chi connectivity index (χ1v) is 11.7. The van der Waals surface area contributed by atoms with Crippen LogP contribution in [0.3, 0.4) is 0 Å². The van der Waals surface area contributed by atoms with Gasteiger partial charge >= 0.3 is 21.7 Å². The molecule has 0 fully saturated rings. The van der Waals surface area contributed by atoms with Crippen LogP contribution in [0, 0.1) is 11.5 Å². The van der Waals surface area contributed by atoms with E-state index in [1.165, 1.54) is 52.7 Å². The molecule has 2 aromatic rings. The van der Waals surface area contributed by atoms with Crippen molar-refractivity contribution >= 4 is 24.0 Å². The van der Waals surface area contributed by atoms with Crippen molar-refractivity contribution in [2.45, 2.75) is 61.3 Å². The van der Waals surface area contributed by atoms with Gasteiger partial charge < -0.3 is 24.8 Å². The van der Waals surface area contributed by atoms with E-state index in [2.05, 4.69) is 90.9 Å². The van der Waals surface area contributed by atoms with Gasteiger partial charge in [0.2, 0.25) is 0 Å². The van der Waals surface area contributed by atoms with Gasteiger partial charge in [0, 0.05) is 0 Å². The average Bonchev–Trinajstić information content (AvgIpc) is 3.10. The molecule has 0 saturated heterocycles. The maximum Gasteiger partial charge on any atom is 4.00 e. The third-order valence-electron chi connectivity index (χ3n) is 5.52. The van der Waals surface area contributed by atoms with Gasteiger partial charge in [0.05, 0.1) is 0 Å². The van der Waals surface area contributed by atoms with Crippen molar-refractivity contribution in [1.82, 2.24) is 0 Å². The zero-order valence-corrected chi connectivity index (χ0v) is 23.0. The first-order chi connectivity index (χ1) is 12.3. The first kappa shape index (κ1) is 31.2. The maximum atomic E-state index is 3.44. The van der Waals surface area contributed by atoms with Gasteiger partial charge in [-0.15, -0.1) is 47.3 Å². The SMILES string of the molecule is CC1=[C-]C(C)(C)C(C)=C1C.CCCP(CCC)c1cc2ccccc2[cH-]1.[Cl-].[Cl-].[Ti+4]. The summed E-state index contributed by atoms with van der Waals surface area (Å²) in [7, 11) is 0.0972. The fraction of sp³-hybridized carbons (Fsp3) is 0.480. The van der Waals surface area contributed by atoms with E-state index in [-0.39, 0.29) is 59.9 Å². The van der Waals surface area contributed by atoms with Gasteiger partial charge in [-0.05, 0) is 12.3 Å². The van der Waals surface area contributed by atoms with Crippen LogP contribution in [-0.2, 0) is 21.7 Å². The summed E-state index contributed by atoms with van der Waals surface area (Å²) in [5.41, 5.74) is 4.39. The Labute approximate surface area is 207 Å². The summed E-state index contributed by atoms with van der Waals surface area (Å²) in [6.07, 6.45) is 8.84. The molecule has 0 atom stereocenters. The van der Waals surface area contributed by atoms with Crippen molar-refractivity contribution < 1.29 is 46.5 Å². The molecule has 4 heteroatoms. The zero-order valence-electron chi connectivity index (χ0n) is 19.0. The van der Waals surface area contributed by atoms with Crippen LogP contribution in [0.1, 0.15) is 61.3 Å². The average molecular weight is 485 g/mol. The van der Waals surface area contributed by atoms with Gasteiger partial charge in [0.1, 0.15) is 0 Å². The number of benzene rings is 1. The fourth-order valence-electron chi connectivity index (χ4n) is 3.63. The molecule has 0 heterocycles. The van der Waals surface area contributed by atoms with Gasteiger partial charge in [-0.3, -0.25) is 6.08 Å². The number of halogens is 2. The summed E-state index contributed by atoms with van der Waals surface area (Å²) in [6, 6.07) is 13.5. The summed E-state index contributed by atoms with van der Waals surface area (Å²) in [5.74, 6) is 0. The molecule has 0 aliphatic heterocycles. The normalized spacial score (nSPS) is 14.4. The van der Waals surface area contributed by atoms with E-state index >= 15 is 0 Å². The molecule has 0 aromatic heterocycles. The molecule has 0 spiro atoms. The number of hydrogen-bond donors (Lipinski definition) is 0. The molecule has 1 aliphatic carbocycles. The van der Waals surface area contributed by atoms with Gasteiger partial charge in [-0.25, -0.2) is 5.57 Å². The minimum Gasteiger partial charge on any atom is -1.00 e. The second kappa shape index (κ2) is 14.2. The Kier molecular flexibility index (Phi) is 15.2. The first-order valence-electron chi connectivity index (χ1n) is 10.0. The summed E-state index contributed by atoms with van der Waals surface area (Å²) in [6.45, 7) is 15.5. The minimum absolute atomic E-state index is 0. The van der Waals surface area contributed by atoms with E-state index in [1.54, 1.807) is 5.30 Å². The van der Waals surface area contributed by atoms with Crippen LogP contribution in [-0.4, -0.2) is 12.3 Å². The predicted molar refractivity (Wildman–Crippen MR) is 121 cm³/mol. The standard InChI is InChI=1S/C15H20P.C10H15.2ClH.Ti/c1-3-9-16(10-4-2)15-11-13-7-5-6-8-14(13)12-15;1-7-6-10(4,5)9(3)8(7)2;;;/h5-8,11-12H,3-4,9-10H2,1-2H3;1-5H3;2*1H;/q2*-1;;;+4/p-2. The largest absolute Gasteiger partial charge is 4.00 e. The zero-order chi connectivity index (χ0) is 19.3. The van der Waals surface area contributed by atoms with Crippen LogP contribution in [0.25, 0.3) is 10.8 Å². The number of rotatable bonds is 5. The quantitative estimate of drug-likeness (QED) is 0.343. The molecule has 158 valence electrons. The number of fused-ring (bicyclic) bond motifs is 1. The van der Waals surface area contributed by atoms with Crippen LogP contribution >= 0.6 is 7.92 Å². The Morgan fingerprint density at radius 1 is 0.966 bits per heavy atom. The number of allylic oxidation sites excluding steroid dienone is 4. The van der Waals surface area contributed by atoms with Gasteiger partial charge in [0.25, 0.3) is 0 Å². The molecule has 29 heavy (non-hydrogen) atoms. The molecule has 0 nitrogen and oxygen atoms in total. The summed E-state index contributed by atoms with van der Waals surface area (Å²) in [4.78, 5) is 0. The monoisotopic (exact) mass is 484 g/mol. The molecule has 1 aliphatic rings. The van der Waals surface area contributed by atoms with E-state index in [9.17, 15) is 0 Å². The summed E-state index contributed by atoms with van der Waals surface area (Å²) < 4.78 is 0. The topological polar surface area (TPSA) is 0 Å². The maximum absolute atomic E-state index is 3.44. The van der Waals surface area contributed by atoms with Crippen molar-refractivity contribution in [3.8, 4) is 0 Å². The molecular formula is C25H35Cl2PTi. The van der Waals surface area contributed by atoms with E-state index in [1.807, 2.05) is 0 Å². The van der Waals surface area contributed by atoms with Crippen molar-refractivity contribution in [1.29, 1.82) is 0 Å². The molecule has 3 rings (SSSR count). The molecule has 0 bridgehead atoms. The molecule has 0 saturated carbocycles. The fourth-order valence-corrected chi connectivity index (χ4v) is 6.10. The van der Waals surface area contributed by atoms with Crippen LogP contribution in [0.4, 0.5) is 0 Å². The summed E-state index contributed by atoms with van der Waals surface area (Å²) >= 11 is 0. The second-order valence-electron chi connectivity index (χ2n) is 7.95. The third-order valence-corrected chi connectivity index (χ3v) is 8.48. The van der Waals surface area contributed by atoms with Crippen LogP contribution < -0.4 is 30.1 Å². The minimum atomic E-state index is 0. The van der Waals surface area contributed by atoms with E-state index < -0.39 is 0 Å². The Hall–Kier alpha value is 0.0343. The van der Waals surface area contributed by atoms with E-state index in [0.717, 1.165) is 0 Å². The van der Waals surface area contributed by atoms with Gasteiger partial charge in [-0.1, -0.05) is 73.8 Å². The molecule has 0 amide bonds. The Morgan fingerprint density at radius 2 is 1.52 bits per heavy atom. The van der Waals surface area contributed by atoms with Crippen LogP contribution in [0.15, 0.2) is 53.1 Å². The predicted octanol–water partition coefficient (Wildman–Crippen LogP) is 1.60. The molecule has 2 aromatic carbocycles. The van der Waals surface area contributed by atoms with Crippen molar-refractivity contribution in [3.05, 3.63) is 59.2 Å². The van der Waals surface area contributed by atoms with E-state index in [4.69, 9.17) is 0 Å².